The van der Waals surface area contributed by atoms with Gasteiger partial charge in [-0.2, -0.15) is 0 Å². The van der Waals surface area contributed by atoms with Crippen LogP contribution in [0.15, 0.2) is 0 Å². The lowest BCUT2D eigenvalue weighted by Gasteiger charge is -2.39. The minimum absolute atomic E-state index is 0.0519. The average Bonchev–Trinajstić information content (AvgIpc) is 2.16. The molecule has 3 nitrogen and oxygen atoms in total. The predicted octanol–water partition coefficient (Wildman–Crippen LogP) is 2.51. The van der Waals surface area contributed by atoms with Crippen LogP contribution in [0.1, 0.15) is 40.5 Å². The Morgan fingerprint density at radius 1 is 1.19 bits per heavy atom. The van der Waals surface area contributed by atoms with Gasteiger partial charge in [0.2, 0.25) is 0 Å². The minimum atomic E-state index is -0.0519. The van der Waals surface area contributed by atoms with Crippen LogP contribution in [0.25, 0.3) is 0 Å². The Kier molecular flexibility index (Phi) is 5.73. The second-order valence-corrected chi connectivity index (χ2v) is 5.34. The van der Waals surface area contributed by atoms with Crippen molar-refractivity contribution < 1.29 is 9.47 Å². The molecule has 0 bridgehead atoms. The topological polar surface area (TPSA) is 21.7 Å². The molecular formula is C13H27NO2. The van der Waals surface area contributed by atoms with Gasteiger partial charge in [-0.1, -0.05) is 13.8 Å². The van der Waals surface area contributed by atoms with E-state index in [2.05, 4.69) is 18.7 Å². The van der Waals surface area contributed by atoms with Gasteiger partial charge in [0.1, 0.15) is 0 Å². The first-order valence-electron chi connectivity index (χ1n) is 6.53. The Labute approximate surface area is 100 Å². The highest BCUT2D eigenvalue weighted by Gasteiger charge is 2.27. The molecule has 0 atom stereocenters. The summed E-state index contributed by atoms with van der Waals surface area (Å²) in [5.41, 5.74) is 0.446. The van der Waals surface area contributed by atoms with Crippen molar-refractivity contribution in [1.82, 2.24) is 4.90 Å². The fraction of sp³-hybridized carbons (Fsp3) is 1.00. The average molecular weight is 229 g/mol. The summed E-state index contributed by atoms with van der Waals surface area (Å²) in [4.78, 5) is 2.47. The van der Waals surface area contributed by atoms with E-state index >= 15 is 0 Å². The minimum Gasteiger partial charge on any atom is -0.352 e. The zero-order valence-electron chi connectivity index (χ0n) is 11.3. The van der Waals surface area contributed by atoms with E-state index in [0.717, 1.165) is 26.3 Å². The SMILES string of the molecule is CCOC(CN1CCCC(C)(C)C1)OCC. The highest BCUT2D eigenvalue weighted by Crippen LogP contribution is 2.28. The first-order chi connectivity index (χ1) is 7.57. The highest BCUT2D eigenvalue weighted by atomic mass is 16.7. The van der Waals surface area contributed by atoms with Gasteiger partial charge in [-0.3, -0.25) is 4.90 Å². The van der Waals surface area contributed by atoms with Crippen LogP contribution in [0.3, 0.4) is 0 Å². The summed E-state index contributed by atoms with van der Waals surface area (Å²) in [6, 6.07) is 0. The quantitative estimate of drug-likeness (QED) is 0.653. The zero-order valence-corrected chi connectivity index (χ0v) is 11.3. The highest BCUT2D eigenvalue weighted by molar-refractivity contribution is 4.80. The molecule has 0 aliphatic carbocycles. The standard InChI is InChI=1S/C13H27NO2/c1-5-15-12(16-6-2)10-14-9-7-8-13(3,4)11-14/h12H,5-11H2,1-4H3. The number of rotatable bonds is 6. The summed E-state index contributed by atoms with van der Waals surface area (Å²) in [5.74, 6) is 0. The van der Waals surface area contributed by atoms with Crippen LogP contribution in [0.2, 0.25) is 0 Å². The van der Waals surface area contributed by atoms with Gasteiger partial charge in [-0.25, -0.2) is 0 Å². The summed E-state index contributed by atoms with van der Waals surface area (Å²) in [6.45, 7) is 13.4. The molecule has 1 rings (SSSR count). The molecule has 1 heterocycles. The molecule has 0 amide bonds. The van der Waals surface area contributed by atoms with Crippen LogP contribution < -0.4 is 0 Å². The molecule has 16 heavy (non-hydrogen) atoms. The van der Waals surface area contributed by atoms with E-state index in [-0.39, 0.29) is 6.29 Å². The molecule has 96 valence electrons. The predicted molar refractivity (Wildman–Crippen MR) is 66.5 cm³/mol. The van der Waals surface area contributed by atoms with Gasteiger partial charge in [0.05, 0.1) is 0 Å². The molecular weight excluding hydrogens is 202 g/mol. The smallest absolute Gasteiger partial charge is 0.170 e. The van der Waals surface area contributed by atoms with Crippen LogP contribution in [0.5, 0.6) is 0 Å². The molecule has 1 aliphatic heterocycles. The van der Waals surface area contributed by atoms with Crippen LogP contribution in [-0.2, 0) is 9.47 Å². The molecule has 0 unspecified atom stereocenters. The maximum absolute atomic E-state index is 5.59. The molecule has 1 aliphatic rings. The first-order valence-corrected chi connectivity index (χ1v) is 6.53. The summed E-state index contributed by atoms with van der Waals surface area (Å²) in [6.07, 6.45) is 2.57. The van der Waals surface area contributed by atoms with E-state index in [0.29, 0.717) is 5.41 Å². The van der Waals surface area contributed by atoms with Gasteiger partial charge in [-0.15, -0.1) is 0 Å². The molecule has 1 fully saturated rings. The monoisotopic (exact) mass is 229 g/mol. The summed E-state index contributed by atoms with van der Waals surface area (Å²) >= 11 is 0. The van der Waals surface area contributed by atoms with Gasteiger partial charge < -0.3 is 9.47 Å². The second kappa shape index (κ2) is 6.58. The number of likely N-dealkylation sites (tertiary alicyclic amines) is 1. The van der Waals surface area contributed by atoms with Crippen molar-refractivity contribution in [2.45, 2.75) is 46.8 Å². The Morgan fingerprint density at radius 2 is 1.81 bits per heavy atom. The Morgan fingerprint density at radius 3 is 2.31 bits per heavy atom. The summed E-state index contributed by atoms with van der Waals surface area (Å²) in [7, 11) is 0. The molecule has 1 saturated heterocycles. The second-order valence-electron chi connectivity index (χ2n) is 5.34. The number of piperidine rings is 1. The lowest BCUT2D eigenvalue weighted by atomic mass is 9.84. The third-order valence-electron chi connectivity index (χ3n) is 3.09. The van der Waals surface area contributed by atoms with Gasteiger partial charge in [-0.05, 0) is 38.6 Å². The Hall–Kier alpha value is -0.120. The van der Waals surface area contributed by atoms with Gasteiger partial charge in [0, 0.05) is 26.3 Å². The van der Waals surface area contributed by atoms with E-state index in [1.165, 1.54) is 19.4 Å². The lowest BCUT2D eigenvalue weighted by Crippen LogP contribution is -2.44. The number of hydrogen-bond acceptors (Lipinski definition) is 3. The third-order valence-corrected chi connectivity index (χ3v) is 3.09. The fourth-order valence-electron chi connectivity index (χ4n) is 2.44. The van der Waals surface area contributed by atoms with Crippen molar-refractivity contribution in [2.24, 2.45) is 5.41 Å². The van der Waals surface area contributed by atoms with Crippen molar-refractivity contribution in [2.75, 3.05) is 32.8 Å². The van der Waals surface area contributed by atoms with E-state index < -0.39 is 0 Å². The fourth-order valence-corrected chi connectivity index (χ4v) is 2.44. The normalized spacial score (nSPS) is 21.6. The number of ether oxygens (including phenoxy) is 2. The Balaban J connectivity index is 2.38. The van der Waals surface area contributed by atoms with E-state index in [1.54, 1.807) is 0 Å². The van der Waals surface area contributed by atoms with Crippen molar-refractivity contribution in [3.05, 3.63) is 0 Å². The molecule has 0 radical (unpaired) electrons. The maximum Gasteiger partial charge on any atom is 0.170 e. The van der Waals surface area contributed by atoms with Crippen LogP contribution in [0, 0.1) is 5.41 Å². The summed E-state index contributed by atoms with van der Waals surface area (Å²) in [5, 5.41) is 0. The van der Waals surface area contributed by atoms with Crippen LogP contribution >= 0.6 is 0 Å². The third kappa shape index (κ3) is 4.81. The molecule has 0 N–H and O–H groups in total. The maximum atomic E-state index is 5.59. The van der Waals surface area contributed by atoms with Crippen molar-refractivity contribution >= 4 is 0 Å². The van der Waals surface area contributed by atoms with Crippen LogP contribution in [-0.4, -0.2) is 44.0 Å². The van der Waals surface area contributed by atoms with Crippen molar-refractivity contribution in [3.63, 3.8) is 0 Å². The molecule has 3 heteroatoms. The summed E-state index contributed by atoms with van der Waals surface area (Å²) < 4.78 is 11.2. The number of nitrogens with zero attached hydrogens (tertiary/aromatic N) is 1. The molecule has 0 aromatic carbocycles. The molecule has 0 aromatic rings. The van der Waals surface area contributed by atoms with Crippen LogP contribution in [0.4, 0.5) is 0 Å². The van der Waals surface area contributed by atoms with Gasteiger partial charge in [0.25, 0.3) is 0 Å². The van der Waals surface area contributed by atoms with E-state index in [1.807, 2.05) is 13.8 Å². The lowest BCUT2D eigenvalue weighted by molar-refractivity contribution is -0.151. The molecule has 0 spiro atoms. The van der Waals surface area contributed by atoms with E-state index in [9.17, 15) is 0 Å². The van der Waals surface area contributed by atoms with Gasteiger partial charge >= 0.3 is 0 Å². The first kappa shape index (κ1) is 13.9. The number of hydrogen-bond donors (Lipinski definition) is 0. The molecule has 0 saturated carbocycles. The Bertz CT molecular complexity index is 188. The van der Waals surface area contributed by atoms with E-state index in [4.69, 9.17) is 9.47 Å². The zero-order chi connectivity index (χ0) is 12.0. The molecule has 0 aromatic heterocycles. The van der Waals surface area contributed by atoms with Crippen molar-refractivity contribution in [1.29, 1.82) is 0 Å². The van der Waals surface area contributed by atoms with Gasteiger partial charge in [0.15, 0.2) is 6.29 Å². The largest absolute Gasteiger partial charge is 0.352 e. The van der Waals surface area contributed by atoms with Crippen molar-refractivity contribution in [3.8, 4) is 0 Å².